The van der Waals surface area contributed by atoms with Crippen LogP contribution in [0.2, 0.25) is 0 Å². The molecule has 1 aromatic carbocycles. The Hall–Kier alpha value is -2.03. The Morgan fingerprint density at radius 2 is 1.85 bits per heavy atom. The Bertz CT molecular complexity index is 629. The molecule has 0 saturated heterocycles. The summed E-state index contributed by atoms with van der Waals surface area (Å²) < 4.78 is 6.77. The number of hydrogen-bond acceptors (Lipinski definition) is 4. The molecule has 20 heavy (non-hydrogen) atoms. The minimum Gasteiger partial charge on any atom is -1.00 e. The van der Waals surface area contributed by atoms with Crippen molar-refractivity contribution in [2.45, 2.75) is 0 Å². The fourth-order valence-corrected chi connectivity index (χ4v) is 1.53. The lowest BCUT2D eigenvalue weighted by Crippen LogP contribution is -3.00. The average Bonchev–Trinajstić information content (AvgIpc) is 2.39. The molecule has 0 aliphatic heterocycles. The first-order chi connectivity index (χ1) is 9.08. The van der Waals surface area contributed by atoms with E-state index in [9.17, 15) is 14.9 Å². The first kappa shape index (κ1) is 16.0. The van der Waals surface area contributed by atoms with Crippen LogP contribution in [0.4, 0.5) is 5.69 Å². The van der Waals surface area contributed by atoms with Crippen LogP contribution in [0.5, 0.6) is 5.75 Å². The quantitative estimate of drug-likeness (QED) is 0.163. The first-order valence-electron chi connectivity index (χ1n) is 5.49. The van der Waals surface area contributed by atoms with Crippen LogP contribution < -0.4 is 33.3 Å². The second-order valence-corrected chi connectivity index (χ2v) is 3.84. The largest absolute Gasteiger partial charge is 1.00 e. The zero-order chi connectivity index (χ0) is 13.8. The molecule has 2 rings (SSSR count). The van der Waals surface area contributed by atoms with Crippen LogP contribution in [-0.2, 0) is 7.05 Å². The summed E-state index contributed by atoms with van der Waals surface area (Å²) in [4.78, 5) is 21.9. The molecular weight excluding hydrogens is 375 g/mol. The monoisotopic (exact) mass is 386 g/mol. The summed E-state index contributed by atoms with van der Waals surface area (Å²) in [5, 5.41) is 10.5. The lowest BCUT2D eigenvalue weighted by Gasteiger charge is -2.02. The number of halogens is 1. The summed E-state index contributed by atoms with van der Waals surface area (Å²) in [6, 6.07) is 10.5. The van der Waals surface area contributed by atoms with Gasteiger partial charge in [-0.1, -0.05) is 0 Å². The van der Waals surface area contributed by atoms with Crippen molar-refractivity contribution in [1.29, 1.82) is 0 Å². The first-order valence-corrected chi connectivity index (χ1v) is 5.49. The molecule has 6 nitrogen and oxygen atoms in total. The molecule has 0 aliphatic carbocycles. The van der Waals surface area contributed by atoms with Gasteiger partial charge in [-0.25, -0.2) is 4.79 Å². The third-order valence-corrected chi connectivity index (χ3v) is 2.52. The van der Waals surface area contributed by atoms with Gasteiger partial charge in [0.2, 0.25) is 0 Å². The highest BCUT2D eigenvalue weighted by molar-refractivity contribution is 5.87. The zero-order valence-electron chi connectivity index (χ0n) is 10.5. The Labute approximate surface area is 132 Å². The predicted octanol–water partition coefficient (Wildman–Crippen LogP) is -1.36. The number of non-ortho nitro benzene ring substituents is 1. The third-order valence-electron chi connectivity index (χ3n) is 2.52. The topological polar surface area (TPSA) is 73.3 Å². The molecule has 0 amide bonds. The molecule has 7 heteroatoms. The molecule has 0 N–H and O–H groups in total. The number of carbonyl (C=O) groups excluding carboxylic acids is 1. The second-order valence-electron chi connectivity index (χ2n) is 3.84. The number of nitro benzene ring substituents is 1. The van der Waals surface area contributed by atoms with Crippen LogP contribution in [0, 0.1) is 10.1 Å². The van der Waals surface area contributed by atoms with Gasteiger partial charge in [-0.3, -0.25) is 10.1 Å². The van der Waals surface area contributed by atoms with E-state index in [1.165, 1.54) is 24.3 Å². The number of aryl methyl sites for hydroxylation is 1. The van der Waals surface area contributed by atoms with E-state index in [1.807, 2.05) is 0 Å². The maximum absolute atomic E-state index is 11.9. The highest BCUT2D eigenvalue weighted by Gasteiger charge is 2.18. The molecule has 0 fully saturated rings. The number of benzene rings is 1. The number of nitro groups is 1. The molecule has 0 unspecified atom stereocenters. The van der Waals surface area contributed by atoms with E-state index < -0.39 is 10.9 Å². The van der Waals surface area contributed by atoms with E-state index in [4.69, 9.17) is 4.74 Å². The summed E-state index contributed by atoms with van der Waals surface area (Å²) in [5.74, 6) is -0.253. The maximum atomic E-state index is 11.9. The van der Waals surface area contributed by atoms with Gasteiger partial charge in [0.15, 0.2) is 6.20 Å². The van der Waals surface area contributed by atoms with Crippen molar-refractivity contribution in [3.8, 4) is 5.75 Å². The van der Waals surface area contributed by atoms with Crippen molar-refractivity contribution >= 4 is 11.7 Å². The zero-order valence-corrected chi connectivity index (χ0v) is 12.7. The normalized spacial score (nSPS) is 9.45. The highest BCUT2D eigenvalue weighted by atomic mass is 127. The highest BCUT2D eigenvalue weighted by Crippen LogP contribution is 2.17. The Balaban J connectivity index is 0.00000200. The van der Waals surface area contributed by atoms with Crippen LogP contribution in [0.15, 0.2) is 48.7 Å². The van der Waals surface area contributed by atoms with E-state index in [0.717, 1.165) is 0 Å². The fourth-order valence-electron chi connectivity index (χ4n) is 1.53. The van der Waals surface area contributed by atoms with E-state index in [2.05, 4.69) is 0 Å². The summed E-state index contributed by atoms with van der Waals surface area (Å²) in [7, 11) is 1.73. The SMILES string of the molecule is C[n+]1ccccc1C(=O)Oc1ccc([N+](=O)[O-])cc1.[I-]. The lowest BCUT2D eigenvalue weighted by molar-refractivity contribution is -0.673. The number of esters is 1. The van der Waals surface area contributed by atoms with E-state index in [1.54, 1.807) is 36.0 Å². The Morgan fingerprint density at radius 3 is 2.40 bits per heavy atom. The average molecular weight is 386 g/mol. The smallest absolute Gasteiger partial charge is 0.409 e. The van der Waals surface area contributed by atoms with Gasteiger partial charge in [0.1, 0.15) is 12.8 Å². The number of nitrogens with zero attached hydrogens (tertiary/aromatic N) is 2. The minimum absolute atomic E-state index is 0. The molecule has 0 spiro atoms. The predicted molar refractivity (Wildman–Crippen MR) is 65.7 cm³/mol. The number of ether oxygens (including phenoxy) is 1. The molecule has 0 aliphatic rings. The summed E-state index contributed by atoms with van der Waals surface area (Å²) >= 11 is 0. The van der Waals surface area contributed by atoms with Gasteiger partial charge in [0, 0.05) is 24.3 Å². The van der Waals surface area contributed by atoms with Crippen molar-refractivity contribution in [1.82, 2.24) is 0 Å². The molecule has 1 heterocycles. The third kappa shape index (κ3) is 3.73. The van der Waals surface area contributed by atoms with Gasteiger partial charge < -0.3 is 28.7 Å². The number of carbonyl (C=O) groups is 1. The minimum atomic E-state index is -0.517. The second kappa shape index (κ2) is 6.94. The van der Waals surface area contributed by atoms with Crippen LogP contribution in [0.3, 0.4) is 0 Å². The molecule has 1 aromatic heterocycles. The molecule has 0 radical (unpaired) electrons. The molecule has 0 atom stereocenters. The van der Waals surface area contributed by atoms with Crippen LogP contribution in [0.25, 0.3) is 0 Å². The molecular formula is C13H11IN2O4. The van der Waals surface area contributed by atoms with Crippen molar-refractivity contribution in [3.63, 3.8) is 0 Å². The molecule has 2 aromatic rings. The molecule has 0 bridgehead atoms. The van der Waals surface area contributed by atoms with Gasteiger partial charge in [-0.15, -0.1) is 0 Å². The van der Waals surface area contributed by atoms with Crippen LogP contribution in [-0.4, -0.2) is 10.9 Å². The van der Waals surface area contributed by atoms with Crippen molar-refractivity contribution in [3.05, 3.63) is 64.5 Å². The Kier molecular flexibility index (Phi) is 5.56. The number of pyridine rings is 1. The standard InChI is InChI=1S/C13H11N2O4.HI/c1-14-9-3-2-4-12(14)13(16)19-11-7-5-10(6-8-11)15(17)18;/h2-9H,1H3;1H/q+1;/p-1. The molecule has 0 saturated carbocycles. The van der Waals surface area contributed by atoms with Crippen molar-refractivity contribution < 1.29 is 43.0 Å². The van der Waals surface area contributed by atoms with Gasteiger partial charge in [0.25, 0.3) is 11.4 Å². The summed E-state index contributed by atoms with van der Waals surface area (Å²) in [6.45, 7) is 0. The van der Waals surface area contributed by atoms with E-state index >= 15 is 0 Å². The van der Waals surface area contributed by atoms with Gasteiger partial charge in [-0.2, -0.15) is 4.57 Å². The number of aromatic nitrogens is 1. The number of rotatable bonds is 3. The summed E-state index contributed by atoms with van der Waals surface area (Å²) in [5.41, 5.74) is 0.339. The molecule has 104 valence electrons. The lowest BCUT2D eigenvalue weighted by atomic mass is 10.3. The van der Waals surface area contributed by atoms with Gasteiger partial charge >= 0.3 is 5.97 Å². The summed E-state index contributed by atoms with van der Waals surface area (Å²) in [6.07, 6.45) is 1.73. The van der Waals surface area contributed by atoms with Gasteiger partial charge in [-0.05, 0) is 18.2 Å². The van der Waals surface area contributed by atoms with Crippen LogP contribution in [0.1, 0.15) is 10.5 Å². The van der Waals surface area contributed by atoms with Crippen LogP contribution >= 0.6 is 0 Å². The van der Waals surface area contributed by atoms with E-state index in [-0.39, 0.29) is 35.4 Å². The van der Waals surface area contributed by atoms with Crippen molar-refractivity contribution in [2.24, 2.45) is 7.05 Å². The number of hydrogen-bond donors (Lipinski definition) is 0. The van der Waals surface area contributed by atoms with E-state index in [0.29, 0.717) is 5.69 Å². The van der Waals surface area contributed by atoms with Gasteiger partial charge in [0.05, 0.1) is 4.92 Å². The van der Waals surface area contributed by atoms with Crippen molar-refractivity contribution in [2.75, 3.05) is 0 Å². The fraction of sp³-hybridized carbons (Fsp3) is 0.0769. The maximum Gasteiger partial charge on any atom is 0.409 e. The Morgan fingerprint density at radius 1 is 1.20 bits per heavy atom.